The van der Waals surface area contributed by atoms with E-state index in [1.54, 1.807) is 4.90 Å². The highest BCUT2D eigenvalue weighted by Gasteiger charge is 2.22. The second-order valence-corrected chi connectivity index (χ2v) is 8.73. The van der Waals surface area contributed by atoms with E-state index in [0.29, 0.717) is 17.2 Å². The van der Waals surface area contributed by atoms with Gasteiger partial charge in [0.25, 0.3) is 11.6 Å². The van der Waals surface area contributed by atoms with Gasteiger partial charge >= 0.3 is 0 Å². The number of carbonyl (C=O) groups excluding carboxylic acids is 1. The molecule has 0 radical (unpaired) electrons. The van der Waals surface area contributed by atoms with Crippen LogP contribution in [-0.2, 0) is 11.2 Å². The molecule has 1 aromatic heterocycles. The molecule has 0 atom stereocenters. The highest BCUT2D eigenvalue weighted by atomic mass is 32.1. The number of nitro groups is 1. The first kappa shape index (κ1) is 22.3. The number of aromatic nitrogens is 1. The molecule has 1 saturated heterocycles. The molecule has 0 bridgehead atoms. The number of fused-ring (bicyclic) bond motifs is 1. The number of hydrogen-bond acceptors (Lipinski definition) is 7. The maximum absolute atomic E-state index is 13.4. The van der Waals surface area contributed by atoms with E-state index in [-0.39, 0.29) is 11.6 Å². The zero-order valence-electron chi connectivity index (χ0n) is 18.0. The summed E-state index contributed by atoms with van der Waals surface area (Å²) in [6.45, 7) is 6.78. The lowest BCUT2D eigenvalue weighted by Gasteiger charge is -2.27. The number of morpholine rings is 1. The van der Waals surface area contributed by atoms with Crippen LogP contribution in [0, 0.1) is 10.1 Å². The molecule has 32 heavy (non-hydrogen) atoms. The summed E-state index contributed by atoms with van der Waals surface area (Å²) in [6, 6.07) is 11.9. The Morgan fingerprint density at radius 3 is 2.66 bits per heavy atom. The Bertz CT molecular complexity index is 1090. The molecule has 1 aliphatic heterocycles. The van der Waals surface area contributed by atoms with Crippen molar-refractivity contribution in [3.8, 4) is 0 Å². The van der Waals surface area contributed by atoms with Crippen molar-refractivity contribution >= 4 is 38.3 Å². The number of thiazole rings is 1. The summed E-state index contributed by atoms with van der Waals surface area (Å²) in [5.41, 5.74) is 2.48. The van der Waals surface area contributed by atoms with Crippen LogP contribution in [0.25, 0.3) is 10.2 Å². The van der Waals surface area contributed by atoms with Gasteiger partial charge in [0.1, 0.15) is 0 Å². The Morgan fingerprint density at radius 1 is 1.22 bits per heavy atom. The van der Waals surface area contributed by atoms with Crippen molar-refractivity contribution < 1.29 is 14.5 Å². The molecular formula is C23H26N4O4S. The molecule has 4 rings (SSSR count). The highest BCUT2D eigenvalue weighted by molar-refractivity contribution is 7.22. The number of nitrogens with zero attached hydrogens (tertiary/aromatic N) is 4. The summed E-state index contributed by atoms with van der Waals surface area (Å²) in [5.74, 6) is -0.198. The Hall–Kier alpha value is -2.88. The van der Waals surface area contributed by atoms with Crippen molar-refractivity contribution in [2.24, 2.45) is 0 Å². The first-order valence-electron chi connectivity index (χ1n) is 10.8. The predicted molar refractivity (Wildman–Crippen MR) is 126 cm³/mol. The van der Waals surface area contributed by atoms with Crippen molar-refractivity contribution in [3.05, 3.63) is 63.7 Å². The van der Waals surface area contributed by atoms with Crippen molar-refractivity contribution in [3.63, 3.8) is 0 Å². The van der Waals surface area contributed by atoms with Gasteiger partial charge in [0.15, 0.2) is 5.13 Å². The van der Waals surface area contributed by atoms with E-state index in [1.807, 2.05) is 6.07 Å². The lowest BCUT2D eigenvalue weighted by molar-refractivity contribution is -0.384. The summed E-state index contributed by atoms with van der Waals surface area (Å²) >= 11 is 1.50. The van der Waals surface area contributed by atoms with Crippen LogP contribution in [0.3, 0.4) is 0 Å². The van der Waals surface area contributed by atoms with Crippen molar-refractivity contribution in [1.29, 1.82) is 0 Å². The third kappa shape index (κ3) is 5.12. The molecule has 2 heterocycles. The van der Waals surface area contributed by atoms with E-state index in [1.165, 1.54) is 41.2 Å². The smallest absolute Gasteiger partial charge is 0.269 e. The second kappa shape index (κ2) is 10.2. The third-order valence-electron chi connectivity index (χ3n) is 5.61. The SMILES string of the molecule is CCc1ccc2nc(N(CCCN3CCOCC3)C(=O)c3ccc([N+](=O)[O-])cc3)sc2c1. The first-order chi connectivity index (χ1) is 15.5. The van der Waals surface area contributed by atoms with Crippen LogP contribution in [0.1, 0.15) is 29.3 Å². The first-order valence-corrected chi connectivity index (χ1v) is 11.6. The molecule has 8 nitrogen and oxygen atoms in total. The van der Waals surface area contributed by atoms with Gasteiger partial charge in [-0.15, -0.1) is 0 Å². The van der Waals surface area contributed by atoms with Crippen molar-refractivity contribution in [2.45, 2.75) is 19.8 Å². The molecule has 1 fully saturated rings. The lowest BCUT2D eigenvalue weighted by atomic mass is 10.1. The summed E-state index contributed by atoms with van der Waals surface area (Å²) in [6.07, 6.45) is 1.74. The van der Waals surface area contributed by atoms with Crippen molar-refractivity contribution in [2.75, 3.05) is 44.3 Å². The normalized spacial score (nSPS) is 14.5. The standard InChI is InChI=1S/C23H26N4O4S/c1-2-17-4-9-20-21(16-17)32-23(24-20)26(11-3-10-25-12-14-31-15-13-25)22(28)18-5-7-19(8-6-18)27(29)30/h4-9,16H,2-3,10-15H2,1H3. The minimum Gasteiger partial charge on any atom is -0.379 e. The third-order valence-corrected chi connectivity index (χ3v) is 6.65. The van der Waals surface area contributed by atoms with Gasteiger partial charge < -0.3 is 4.74 Å². The quantitative estimate of drug-likeness (QED) is 0.376. The van der Waals surface area contributed by atoms with Gasteiger partial charge in [-0.25, -0.2) is 4.98 Å². The Kier molecular flexibility index (Phi) is 7.09. The minimum atomic E-state index is -0.465. The van der Waals surface area contributed by atoms with Gasteiger partial charge in [-0.1, -0.05) is 24.3 Å². The number of anilines is 1. The van der Waals surface area contributed by atoms with Crippen LogP contribution in [-0.4, -0.2) is 60.1 Å². The van der Waals surface area contributed by atoms with E-state index >= 15 is 0 Å². The summed E-state index contributed by atoms with van der Waals surface area (Å²) < 4.78 is 6.46. The summed E-state index contributed by atoms with van der Waals surface area (Å²) in [4.78, 5) is 32.7. The van der Waals surface area contributed by atoms with Gasteiger partial charge in [-0.3, -0.25) is 24.7 Å². The molecular weight excluding hydrogens is 428 g/mol. The van der Waals surface area contributed by atoms with Crippen LogP contribution >= 0.6 is 11.3 Å². The minimum absolute atomic E-state index is 0.0347. The topological polar surface area (TPSA) is 88.8 Å². The zero-order chi connectivity index (χ0) is 22.5. The number of aryl methyl sites for hydroxylation is 1. The molecule has 9 heteroatoms. The number of amides is 1. The molecule has 2 aromatic carbocycles. The van der Waals surface area contributed by atoms with E-state index in [9.17, 15) is 14.9 Å². The maximum atomic E-state index is 13.4. The van der Waals surface area contributed by atoms with Crippen molar-refractivity contribution in [1.82, 2.24) is 9.88 Å². The van der Waals surface area contributed by atoms with Crippen LogP contribution in [0.5, 0.6) is 0 Å². The fourth-order valence-electron chi connectivity index (χ4n) is 3.74. The number of rotatable bonds is 8. The second-order valence-electron chi connectivity index (χ2n) is 7.72. The molecule has 0 N–H and O–H groups in total. The Balaban J connectivity index is 1.58. The number of nitro benzene ring substituents is 1. The van der Waals surface area contributed by atoms with E-state index in [0.717, 1.165) is 55.9 Å². The Labute approximate surface area is 190 Å². The van der Waals surface area contributed by atoms with E-state index in [4.69, 9.17) is 9.72 Å². The maximum Gasteiger partial charge on any atom is 0.269 e. The van der Waals surface area contributed by atoms with Crippen LogP contribution in [0.15, 0.2) is 42.5 Å². The number of carbonyl (C=O) groups is 1. The number of ether oxygens (including phenoxy) is 1. The van der Waals surface area contributed by atoms with Crippen LogP contribution < -0.4 is 4.90 Å². The van der Waals surface area contributed by atoms with Gasteiger partial charge in [0, 0.05) is 43.9 Å². The van der Waals surface area contributed by atoms with Crippen LogP contribution in [0.2, 0.25) is 0 Å². The highest BCUT2D eigenvalue weighted by Crippen LogP contribution is 2.31. The molecule has 0 spiro atoms. The van der Waals surface area contributed by atoms with Gasteiger partial charge in [0.2, 0.25) is 0 Å². The molecule has 1 amide bonds. The number of non-ortho nitro benzene ring substituents is 1. The average molecular weight is 455 g/mol. The molecule has 1 aliphatic rings. The van der Waals surface area contributed by atoms with Gasteiger partial charge in [-0.05, 0) is 42.7 Å². The van der Waals surface area contributed by atoms with E-state index < -0.39 is 4.92 Å². The molecule has 3 aromatic rings. The summed E-state index contributed by atoms with van der Waals surface area (Å²) in [7, 11) is 0. The lowest BCUT2D eigenvalue weighted by Crippen LogP contribution is -2.39. The monoisotopic (exact) mass is 454 g/mol. The zero-order valence-corrected chi connectivity index (χ0v) is 18.8. The molecule has 0 saturated carbocycles. The molecule has 0 aliphatic carbocycles. The largest absolute Gasteiger partial charge is 0.379 e. The van der Waals surface area contributed by atoms with Gasteiger partial charge in [-0.2, -0.15) is 0 Å². The molecule has 168 valence electrons. The van der Waals surface area contributed by atoms with E-state index in [2.05, 4.69) is 24.0 Å². The summed E-state index contributed by atoms with van der Waals surface area (Å²) in [5, 5.41) is 11.6. The van der Waals surface area contributed by atoms with Crippen LogP contribution in [0.4, 0.5) is 10.8 Å². The number of hydrogen-bond donors (Lipinski definition) is 0. The Morgan fingerprint density at radius 2 is 1.97 bits per heavy atom. The average Bonchev–Trinajstić information content (AvgIpc) is 3.25. The fourth-order valence-corrected chi connectivity index (χ4v) is 4.79. The molecule has 0 unspecified atom stereocenters. The number of benzene rings is 2. The predicted octanol–water partition coefficient (Wildman–Crippen LogP) is 4.14. The van der Waals surface area contributed by atoms with Gasteiger partial charge in [0.05, 0.1) is 28.4 Å². The fraction of sp³-hybridized carbons (Fsp3) is 0.391.